The normalized spacial score (nSPS) is 25.5. The molecule has 0 aromatic carbocycles. The van der Waals surface area contributed by atoms with Gasteiger partial charge in [-0.25, -0.2) is 18.0 Å². The highest BCUT2D eigenvalue weighted by atomic mass is 79.9. The van der Waals surface area contributed by atoms with E-state index in [1.807, 2.05) is 0 Å². The number of carbonyl (C=O) groups is 4. The quantitative estimate of drug-likeness (QED) is 0.249. The number of rotatable bonds is 4. The van der Waals surface area contributed by atoms with Crippen LogP contribution in [0.25, 0.3) is 0 Å². The van der Waals surface area contributed by atoms with Gasteiger partial charge in [0.15, 0.2) is 15.2 Å². The van der Waals surface area contributed by atoms with E-state index in [0.717, 1.165) is 18.9 Å². The highest BCUT2D eigenvalue weighted by Gasteiger charge is 2.63. The first-order valence-electron chi connectivity index (χ1n) is 8.36. The molecule has 0 unspecified atom stereocenters. The zero-order valence-electron chi connectivity index (χ0n) is 16.3. The van der Waals surface area contributed by atoms with E-state index in [-0.39, 0.29) is 11.3 Å². The fourth-order valence-electron chi connectivity index (χ4n) is 2.83. The second-order valence-electron chi connectivity index (χ2n) is 7.27. The number of sulfone groups is 1. The number of alkyl carbamates (subject to hydrolysis) is 1. The summed E-state index contributed by atoms with van der Waals surface area (Å²) in [7, 11) is -3.09. The second kappa shape index (κ2) is 7.94. The molecule has 1 saturated heterocycles. The van der Waals surface area contributed by atoms with Crippen LogP contribution in [-0.2, 0) is 38.4 Å². The first-order chi connectivity index (χ1) is 13.2. The number of fused-ring (bicyclic) bond motifs is 1. The molecule has 2 amide bonds. The molecule has 2 rings (SSSR count). The van der Waals surface area contributed by atoms with Crippen LogP contribution in [0.1, 0.15) is 27.7 Å². The molecule has 1 N–H and O–H groups in total. The Labute approximate surface area is 175 Å². The number of amides is 2. The number of nitrogens with zero attached hydrogens (tertiary/aromatic N) is 1. The number of hydrogen-bond donors (Lipinski definition) is 1. The molecular formula is C16H21BrN2O9S. The molecule has 0 aromatic heterocycles. The molecule has 1 fully saturated rings. The van der Waals surface area contributed by atoms with Crippen molar-refractivity contribution in [1.29, 1.82) is 0 Å². The standard InChI is InChI=1S/C16H21BrN2O9S/c1-7(20)27-6-8-10(14(22)26-5)19-12(21)9(13(19)29(24,25)11(8)17)18-15(23)28-16(2,3)4/h9,11,13H,6H2,1-5H3,(H,18,23)/t9-,11+,13-/m1/s1. The third kappa shape index (κ3) is 4.39. The molecule has 2 aliphatic rings. The molecule has 0 saturated carbocycles. The van der Waals surface area contributed by atoms with Crippen LogP contribution in [0.15, 0.2) is 11.3 Å². The summed E-state index contributed by atoms with van der Waals surface area (Å²) in [6, 6.07) is -1.45. The number of esters is 2. The highest BCUT2D eigenvalue weighted by molar-refractivity contribution is 9.11. The highest BCUT2D eigenvalue weighted by Crippen LogP contribution is 2.42. The molecule has 0 aliphatic carbocycles. The molecule has 2 heterocycles. The predicted molar refractivity (Wildman–Crippen MR) is 101 cm³/mol. The average molecular weight is 497 g/mol. The van der Waals surface area contributed by atoms with Gasteiger partial charge in [-0.2, -0.15) is 0 Å². The number of β-lactam (4-membered cyclic amide) rings is 1. The smallest absolute Gasteiger partial charge is 0.408 e. The number of nitrogens with one attached hydrogen (secondary N) is 1. The molecule has 162 valence electrons. The summed E-state index contributed by atoms with van der Waals surface area (Å²) in [4.78, 5) is 48.8. The van der Waals surface area contributed by atoms with Crippen LogP contribution in [0.5, 0.6) is 0 Å². The summed E-state index contributed by atoms with van der Waals surface area (Å²) in [5, 5.41) is 0.675. The first-order valence-corrected chi connectivity index (χ1v) is 10.9. The lowest BCUT2D eigenvalue weighted by Crippen LogP contribution is -2.75. The van der Waals surface area contributed by atoms with Gasteiger partial charge in [0.1, 0.15) is 28.1 Å². The monoisotopic (exact) mass is 496 g/mol. The molecule has 0 radical (unpaired) electrons. The summed E-state index contributed by atoms with van der Waals surface area (Å²) >= 11 is 3.00. The summed E-state index contributed by atoms with van der Waals surface area (Å²) in [5.74, 6) is -2.54. The number of hydrogen-bond acceptors (Lipinski definition) is 9. The number of carbonyl (C=O) groups excluding carboxylic acids is 4. The van der Waals surface area contributed by atoms with Crippen LogP contribution in [-0.4, -0.2) is 72.1 Å². The Bertz CT molecular complexity index is 891. The van der Waals surface area contributed by atoms with Gasteiger partial charge >= 0.3 is 18.0 Å². The van der Waals surface area contributed by atoms with Gasteiger partial charge in [0.25, 0.3) is 5.91 Å². The largest absolute Gasteiger partial charge is 0.464 e. The lowest BCUT2D eigenvalue weighted by atomic mass is 10.0. The van der Waals surface area contributed by atoms with Crippen molar-refractivity contribution in [2.75, 3.05) is 13.7 Å². The van der Waals surface area contributed by atoms with Crippen LogP contribution in [0, 0.1) is 0 Å². The first kappa shape index (κ1) is 23.1. The summed E-state index contributed by atoms with van der Waals surface area (Å²) in [6.45, 7) is 5.37. The fourth-order valence-corrected chi connectivity index (χ4v) is 5.73. The van der Waals surface area contributed by atoms with Crippen LogP contribution < -0.4 is 5.32 Å². The van der Waals surface area contributed by atoms with Crippen LogP contribution in [0.2, 0.25) is 0 Å². The van der Waals surface area contributed by atoms with E-state index in [1.54, 1.807) is 20.8 Å². The lowest BCUT2D eigenvalue weighted by Gasteiger charge is -2.50. The van der Waals surface area contributed by atoms with Crippen LogP contribution in [0.4, 0.5) is 4.79 Å². The van der Waals surface area contributed by atoms with E-state index in [0.29, 0.717) is 0 Å². The predicted octanol–water partition coefficient (Wildman–Crippen LogP) is 0.188. The van der Waals surface area contributed by atoms with Gasteiger partial charge in [0.05, 0.1) is 7.11 Å². The summed E-state index contributed by atoms with van der Waals surface area (Å²) in [5.41, 5.74) is -1.39. The maximum atomic E-state index is 12.9. The van der Waals surface area contributed by atoms with Crippen molar-refractivity contribution < 1.29 is 41.8 Å². The summed E-state index contributed by atoms with van der Waals surface area (Å²) in [6.07, 6.45) is -0.980. The fraction of sp³-hybridized carbons (Fsp3) is 0.625. The Morgan fingerprint density at radius 1 is 1.24 bits per heavy atom. The van der Waals surface area contributed by atoms with E-state index >= 15 is 0 Å². The van der Waals surface area contributed by atoms with Gasteiger partial charge in [-0.05, 0) is 20.8 Å². The maximum absolute atomic E-state index is 12.9. The minimum absolute atomic E-state index is 0.160. The molecule has 2 aliphatic heterocycles. The molecule has 29 heavy (non-hydrogen) atoms. The minimum atomic E-state index is -4.15. The average Bonchev–Trinajstić information content (AvgIpc) is 2.58. The van der Waals surface area contributed by atoms with Gasteiger partial charge < -0.3 is 19.5 Å². The van der Waals surface area contributed by atoms with Gasteiger partial charge in [0, 0.05) is 12.5 Å². The third-order valence-corrected chi connectivity index (χ3v) is 8.10. The zero-order chi connectivity index (χ0) is 22.3. The van der Waals surface area contributed by atoms with Gasteiger partial charge in [-0.1, -0.05) is 15.9 Å². The van der Waals surface area contributed by atoms with E-state index in [2.05, 4.69) is 26.0 Å². The molecule has 11 nitrogen and oxygen atoms in total. The third-order valence-electron chi connectivity index (χ3n) is 3.97. The van der Waals surface area contributed by atoms with Crippen molar-refractivity contribution >= 4 is 49.7 Å². The molecule has 13 heteroatoms. The van der Waals surface area contributed by atoms with Crippen molar-refractivity contribution in [3.63, 3.8) is 0 Å². The Hall–Kier alpha value is -2.15. The topological polar surface area (TPSA) is 145 Å². The minimum Gasteiger partial charge on any atom is -0.464 e. The van der Waals surface area contributed by atoms with Crippen molar-refractivity contribution in [3.05, 3.63) is 11.3 Å². The number of ether oxygens (including phenoxy) is 3. The number of halogens is 1. The Morgan fingerprint density at radius 2 is 1.83 bits per heavy atom. The lowest BCUT2D eigenvalue weighted by molar-refractivity contribution is -0.151. The Balaban J connectivity index is 2.44. The van der Waals surface area contributed by atoms with Crippen molar-refractivity contribution in [1.82, 2.24) is 10.2 Å². The number of alkyl halides is 1. The molecule has 0 spiro atoms. The van der Waals surface area contributed by atoms with E-state index in [1.165, 1.54) is 0 Å². The van der Waals surface area contributed by atoms with Crippen molar-refractivity contribution in [3.8, 4) is 0 Å². The van der Waals surface area contributed by atoms with E-state index < -0.39 is 61.6 Å². The van der Waals surface area contributed by atoms with Crippen LogP contribution >= 0.6 is 15.9 Å². The SMILES string of the molecule is COC(=O)C1=C(COC(C)=O)[C@@H](Br)S(=O)(=O)[C@@H]2[C@H](NC(=O)OC(C)(C)C)C(=O)N12. The zero-order valence-corrected chi connectivity index (χ0v) is 18.7. The van der Waals surface area contributed by atoms with Gasteiger partial charge in [0.2, 0.25) is 0 Å². The summed E-state index contributed by atoms with van der Waals surface area (Å²) < 4.78 is 39.0. The van der Waals surface area contributed by atoms with E-state index in [9.17, 15) is 27.6 Å². The van der Waals surface area contributed by atoms with Gasteiger partial charge in [-0.15, -0.1) is 0 Å². The van der Waals surface area contributed by atoms with Crippen molar-refractivity contribution in [2.24, 2.45) is 0 Å². The molecule has 0 bridgehead atoms. The Kier molecular flexibility index (Phi) is 6.33. The second-order valence-corrected chi connectivity index (χ2v) is 10.9. The molecular weight excluding hydrogens is 476 g/mol. The van der Waals surface area contributed by atoms with Crippen LogP contribution in [0.3, 0.4) is 0 Å². The molecule has 3 atom stereocenters. The molecule has 0 aromatic rings. The Morgan fingerprint density at radius 3 is 2.31 bits per heavy atom. The van der Waals surface area contributed by atoms with E-state index in [4.69, 9.17) is 9.47 Å². The van der Waals surface area contributed by atoms with Gasteiger partial charge in [-0.3, -0.25) is 14.5 Å². The van der Waals surface area contributed by atoms with Crippen molar-refractivity contribution in [2.45, 2.75) is 48.9 Å². The number of methoxy groups -OCH3 is 1. The maximum Gasteiger partial charge on any atom is 0.408 e.